The van der Waals surface area contributed by atoms with E-state index in [0.717, 1.165) is 54.2 Å². The first-order chi connectivity index (χ1) is 14.2. The molecule has 0 heterocycles. The first-order valence-corrected chi connectivity index (χ1v) is 12.8. The van der Waals surface area contributed by atoms with E-state index in [1.165, 1.54) is 44.9 Å². The lowest BCUT2D eigenvalue weighted by molar-refractivity contribution is -0.0474. The van der Waals surface area contributed by atoms with Gasteiger partial charge in [0.15, 0.2) is 0 Å². The minimum absolute atomic E-state index is 0.0754. The molecule has 0 aromatic heterocycles. The van der Waals surface area contributed by atoms with Crippen LogP contribution < -0.4 is 0 Å². The Morgan fingerprint density at radius 2 is 1.80 bits per heavy atom. The van der Waals surface area contributed by atoms with Crippen LogP contribution in [-0.2, 0) is 0 Å². The second-order valence-electron chi connectivity index (χ2n) is 12.3. The fourth-order valence-corrected chi connectivity index (χ4v) is 8.68. The van der Waals surface area contributed by atoms with Crippen LogP contribution in [0.4, 0.5) is 0 Å². The molecular weight excluding hydrogens is 370 g/mol. The van der Waals surface area contributed by atoms with Crippen LogP contribution in [0.5, 0.6) is 0 Å². The highest BCUT2D eigenvalue weighted by Gasteiger charge is 2.60. The van der Waals surface area contributed by atoms with Gasteiger partial charge in [-0.15, -0.1) is 0 Å². The van der Waals surface area contributed by atoms with Crippen molar-refractivity contribution in [3.8, 4) is 0 Å². The minimum atomic E-state index is -0.377. The van der Waals surface area contributed by atoms with E-state index in [0.29, 0.717) is 17.3 Å². The van der Waals surface area contributed by atoms with Crippen molar-refractivity contribution in [3.05, 3.63) is 11.6 Å². The van der Waals surface area contributed by atoms with Crippen LogP contribution in [0.1, 0.15) is 98.8 Å². The zero-order valence-electron chi connectivity index (χ0n) is 20.0. The van der Waals surface area contributed by atoms with Gasteiger partial charge in [-0.05, 0) is 96.9 Å². The summed E-state index contributed by atoms with van der Waals surface area (Å²) in [7, 11) is 0. The predicted molar refractivity (Wildman–Crippen MR) is 124 cm³/mol. The van der Waals surface area contributed by atoms with Gasteiger partial charge in [-0.1, -0.05) is 65.1 Å². The van der Waals surface area contributed by atoms with E-state index < -0.39 is 0 Å². The molecule has 3 saturated carbocycles. The molecule has 0 saturated heterocycles. The van der Waals surface area contributed by atoms with E-state index in [1.807, 2.05) is 6.08 Å². The second kappa shape index (κ2) is 8.26. The molecule has 2 N–H and O–H groups in total. The van der Waals surface area contributed by atoms with Crippen molar-refractivity contribution < 1.29 is 10.3 Å². The zero-order chi connectivity index (χ0) is 21.7. The maximum absolute atomic E-state index is 10.3. The Morgan fingerprint density at radius 1 is 1.03 bits per heavy atom. The molecule has 3 heteroatoms. The third kappa shape index (κ3) is 3.57. The Hall–Kier alpha value is -0.830. The van der Waals surface area contributed by atoms with Crippen molar-refractivity contribution in [1.29, 1.82) is 0 Å². The summed E-state index contributed by atoms with van der Waals surface area (Å²) in [6.45, 7) is 12.2. The molecule has 170 valence electrons. The first kappa shape index (κ1) is 22.4. The summed E-state index contributed by atoms with van der Waals surface area (Å²) in [5.41, 5.74) is 2.55. The van der Waals surface area contributed by atoms with E-state index in [-0.39, 0.29) is 11.5 Å². The van der Waals surface area contributed by atoms with Gasteiger partial charge in [0.1, 0.15) is 0 Å². The second-order valence-corrected chi connectivity index (χ2v) is 12.3. The van der Waals surface area contributed by atoms with Crippen molar-refractivity contribution in [2.75, 3.05) is 0 Å². The van der Waals surface area contributed by atoms with E-state index in [4.69, 9.17) is 0 Å². The molecule has 1 unspecified atom stereocenters. The predicted octanol–water partition coefficient (Wildman–Crippen LogP) is 6.83. The number of hydrogen-bond donors (Lipinski definition) is 2. The molecule has 4 aliphatic rings. The highest BCUT2D eigenvalue weighted by atomic mass is 16.4. The summed E-state index contributed by atoms with van der Waals surface area (Å²) >= 11 is 0. The molecule has 0 spiro atoms. The molecule has 4 rings (SSSR count). The first-order valence-electron chi connectivity index (χ1n) is 12.8. The summed E-state index contributed by atoms with van der Waals surface area (Å²) in [5.74, 6) is 4.56. The largest absolute Gasteiger partial charge is 0.411 e. The Bertz CT molecular complexity index is 697. The Kier molecular flexibility index (Phi) is 6.16. The fraction of sp³-hybridized carbons (Fsp3) is 0.889. The molecule has 0 bridgehead atoms. The van der Waals surface area contributed by atoms with Crippen LogP contribution in [0, 0.1) is 46.3 Å². The van der Waals surface area contributed by atoms with E-state index in [9.17, 15) is 10.3 Å². The van der Waals surface area contributed by atoms with Gasteiger partial charge in [0.2, 0.25) is 0 Å². The number of nitrogens with zero attached hydrogens (tertiary/aromatic N) is 1. The van der Waals surface area contributed by atoms with Gasteiger partial charge in [-0.25, -0.2) is 0 Å². The smallest absolute Gasteiger partial charge is 0.0833 e. The number of oxime groups is 1. The molecule has 0 aliphatic heterocycles. The highest BCUT2D eigenvalue weighted by Crippen LogP contribution is 2.67. The monoisotopic (exact) mass is 415 g/mol. The lowest BCUT2D eigenvalue weighted by atomic mass is 9.46. The summed E-state index contributed by atoms with van der Waals surface area (Å²) in [6.07, 6.45) is 13.9. The maximum atomic E-state index is 10.3. The van der Waals surface area contributed by atoms with Gasteiger partial charge in [-0.2, -0.15) is 0 Å². The molecule has 3 fully saturated rings. The van der Waals surface area contributed by atoms with E-state index >= 15 is 0 Å². The van der Waals surface area contributed by atoms with Crippen molar-refractivity contribution >= 4 is 5.71 Å². The van der Waals surface area contributed by atoms with Crippen molar-refractivity contribution in [2.45, 2.75) is 105 Å². The highest BCUT2D eigenvalue weighted by molar-refractivity contribution is 6.02. The number of hydrogen-bond acceptors (Lipinski definition) is 3. The van der Waals surface area contributed by atoms with Gasteiger partial charge in [-0.3, -0.25) is 0 Å². The molecule has 4 aliphatic carbocycles. The fourth-order valence-electron chi connectivity index (χ4n) is 8.68. The molecular formula is C27H45NO2. The van der Waals surface area contributed by atoms with Crippen molar-refractivity contribution in [3.63, 3.8) is 0 Å². The molecule has 30 heavy (non-hydrogen) atoms. The minimum Gasteiger partial charge on any atom is -0.411 e. The normalized spacial score (nSPS) is 45.6. The van der Waals surface area contributed by atoms with Gasteiger partial charge >= 0.3 is 0 Å². The summed E-state index contributed by atoms with van der Waals surface area (Å²) in [6, 6.07) is 0. The molecule has 3 nitrogen and oxygen atoms in total. The van der Waals surface area contributed by atoms with Crippen molar-refractivity contribution in [1.82, 2.24) is 0 Å². The average Bonchev–Trinajstić information content (AvgIpc) is 3.05. The van der Waals surface area contributed by atoms with Crippen LogP contribution in [0.15, 0.2) is 16.8 Å². The third-order valence-corrected chi connectivity index (χ3v) is 10.3. The van der Waals surface area contributed by atoms with Crippen LogP contribution in [0.2, 0.25) is 0 Å². The number of rotatable bonds is 5. The quantitative estimate of drug-likeness (QED) is 0.382. The third-order valence-electron chi connectivity index (χ3n) is 10.3. The average molecular weight is 416 g/mol. The summed E-state index contributed by atoms with van der Waals surface area (Å²) in [5, 5.41) is 23.9. The van der Waals surface area contributed by atoms with Gasteiger partial charge in [0, 0.05) is 0 Å². The maximum Gasteiger partial charge on any atom is 0.0833 e. The van der Waals surface area contributed by atoms with Crippen LogP contribution in [-0.4, -0.2) is 22.1 Å². The molecule has 0 aromatic rings. The number of allylic oxidation sites excluding steroid dienone is 1. The standard InChI is InChI=1S/C27H45NO2/c1-17(2)7-6-8-18(3)21-9-10-22-20-16-25(28-30)24-15-19(29)11-13-27(24,5)23(20)12-14-26(21,22)4/h15,17-23,29-30H,6-14,16H2,1-5H3/t18-,19?,20+,21-,22+,23+,26-,27-/m1/s1. The Balaban J connectivity index is 1.56. The topological polar surface area (TPSA) is 52.8 Å². The van der Waals surface area contributed by atoms with Crippen LogP contribution in [0.25, 0.3) is 0 Å². The SMILES string of the molecule is CC(C)CCC[C@@H](C)[C@H]1CC[C@H]2[C@@H]3CC(=NO)C4=CC(O)CC[C@]4(C)[C@H]3CC[C@]12C. The van der Waals surface area contributed by atoms with E-state index in [2.05, 4.69) is 39.8 Å². The molecule has 0 aromatic carbocycles. The lowest BCUT2D eigenvalue weighted by Gasteiger charge is -2.58. The number of aliphatic hydroxyl groups excluding tert-OH is 1. The lowest BCUT2D eigenvalue weighted by Crippen LogP contribution is -2.53. The molecule has 0 radical (unpaired) electrons. The van der Waals surface area contributed by atoms with E-state index in [1.54, 1.807) is 0 Å². The Labute approximate surface area is 184 Å². The molecule has 0 amide bonds. The Morgan fingerprint density at radius 3 is 2.50 bits per heavy atom. The summed E-state index contributed by atoms with van der Waals surface area (Å²) < 4.78 is 0. The molecule has 8 atom stereocenters. The number of fused-ring (bicyclic) bond motifs is 5. The van der Waals surface area contributed by atoms with Gasteiger partial charge in [0.05, 0.1) is 11.8 Å². The zero-order valence-corrected chi connectivity index (χ0v) is 20.0. The number of aliphatic hydroxyl groups is 1. The van der Waals surface area contributed by atoms with Crippen molar-refractivity contribution in [2.24, 2.45) is 51.5 Å². The summed E-state index contributed by atoms with van der Waals surface area (Å²) in [4.78, 5) is 0. The van der Waals surface area contributed by atoms with Crippen LogP contribution >= 0.6 is 0 Å². The van der Waals surface area contributed by atoms with Gasteiger partial charge in [0.25, 0.3) is 0 Å². The van der Waals surface area contributed by atoms with Crippen LogP contribution in [0.3, 0.4) is 0 Å². The van der Waals surface area contributed by atoms with Gasteiger partial charge < -0.3 is 10.3 Å².